The monoisotopic (exact) mass is 366 g/mol. The summed E-state index contributed by atoms with van der Waals surface area (Å²) in [5.41, 5.74) is 8.20. The molecule has 2 atom stereocenters. The number of amides is 2. The van der Waals surface area contributed by atoms with Crippen molar-refractivity contribution in [3.63, 3.8) is 0 Å². The summed E-state index contributed by atoms with van der Waals surface area (Å²) in [6.07, 6.45) is 4.07. The third-order valence-corrected chi connectivity index (χ3v) is 5.10. The maximum atomic E-state index is 12.9. The molecule has 27 heavy (non-hydrogen) atoms. The third-order valence-electron chi connectivity index (χ3n) is 5.10. The van der Waals surface area contributed by atoms with Crippen molar-refractivity contribution in [2.45, 2.75) is 39.2 Å². The Morgan fingerprint density at radius 3 is 2.70 bits per heavy atom. The summed E-state index contributed by atoms with van der Waals surface area (Å²) in [6.45, 7) is 4.65. The number of anilines is 2. The van der Waals surface area contributed by atoms with Gasteiger partial charge in [-0.25, -0.2) is 4.98 Å². The van der Waals surface area contributed by atoms with Crippen molar-refractivity contribution in [3.8, 4) is 0 Å². The fourth-order valence-corrected chi connectivity index (χ4v) is 3.59. The number of rotatable bonds is 3. The Balaban J connectivity index is 1.78. The van der Waals surface area contributed by atoms with Crippen molar-refractivity contribution in [2.75, 3.05) is 17.6 Å². The highest BCUT2D eigenvalue weighted by Crippen LogP contribution is 2.33. The quantitative estimate of drug-likeness (QED) is 0.817. The number of nitrogens with one attached hydrogen (secondary N) is 1. The van der Waals surface area contributed by atoms with Crippen molar-refractivity contribution in [1.82, 2.24) is 9.88 Å². The topological polar surface area (TPSA) is 88.3 Å². The van der Waals surface area contributed by atoms with E-state index >= 15 is 0 Å². The number of aromatic nitrogens is 1. The Labute approximate surface area is 159 Å². The van der Waals surface area contributed by atoms with Crippen LogP contribution < -0.4 is 11.1 Å². The number of carbonyl (C=O) groups excluding carboxylic acids is 2. The first-order chi connectivity index (χ1) is 13.0. The number of likely N-dealkylation sites (tertiary alicyclic amines) is 1. The Hall–Kier alpha value is -2.89. The molecule has 0 aliphatic carbocycles. The number of aryl methyl sites for hydroxylation is 1. The molecule has 3 rings (SSSR count). The van der Waals surface area contributed by atoms with Gasteiger partial charge >= 0.3 is 11.8 Å². The zero-order valence-corrected chi connectivity index (χ0v) is 15.8. The number of hydrogen-bond acceptors (Lipinski definition) is 4. The second-order valence-electron chi connectivity index (χ2n) is 7.14. The second-order valence-corrected chi connectivity index (χ2v) is 7.14. The van der Waals surface area contributed by atoms with Crippen LogP contribution in [0.5, 0.6) is 0 Å². The minimum atomic E-state index is -0.640. The van der Waals surface area contributed by atoms with E-state index in [1.165, 1.54) is 6.20 Å². The van der Waals surface area contributed by atoms with E-state index in [4.69, 9.17) is 5.73 Å². The first-order valence-electron chi connectivity index (χ1n) is 9.40. The van der Waals surface area contributed by atoms with E-state index in [0.717, 1.165) is 24.0 Å². The van der Waals surface area contributed by atoms with Gasteiger partial charge in [0.2, 0.25) is 0 Å². The normalized spacial score (nSPS) is 19.6. The highest BCUT2D eigenvalue weighted by molar-refractivity contribution is 6.39. The standard InChI is InChI=1S/C21H26N4O2/c1-3-15-11-17(12-23-19(15)22)24-20(26)21(27)25-13-14(2)9-10-18(25)16-7-5-4-6-8-16/h4-8,11-12,14,18H,3,9-10,13H2,1-2H3,(H2,22,23)(H,24,26)/t14-,18+/m1/s1. The molecule has 1 saturated heterocycles. The number of pyridine rings is 1. The van der Waals surface area contributed by atoms with Crippen molar-refractivity contribution in [3.05, 3.63) is 53.7 Å². The molecule has 142 valence electrons. The van der Waals surface area contributed by atoms with E-state index in [0.29, 0.717) is 30.4 Å². The van der Waals surface area contributed by atoms with E-state index in [2.05, 4.69) is 17.2 Å². The van der Waals surface area contributed by atoms with Crippen molar-refractivity contribution in [2.24, 2.45) is 5.92 Å². The molecule has 2 heterocycles. The SMILES string of the molecule is CCc1cc(NC(=O)C(=O)N2C[C@H](C)CC[C@H]2c2ccccc2)cnc1N. The van der Waals surface area contributed by atoms with Gasteiger partial charge < -0.3 is 16.0 Å². The molecule has 0 radical (unpaired) electrons. The van der Waals surface area contributed by atoms with E-state index < -0.39 is 11.8 Å². The van der Waals surface area contributed by atoms with Gasteiger partial charge in [0.05, 0.1) is 17.9 Å². The summed E-state index contributed by atoms with van der Waals surface area (Å²) in [7, 11) is 0. The summed E-state index contributed by atoms with van der Waals surface area (Å²) in [5, 5.41) is 2.68. The minimum Gasteiger partial charge on any atom is -0.383 e. The summed E-state index contributed by atoms with van der Waals surface area (Å²) < 4.78 is 0. The molecular weight excluding hydrogens is 340 g/mol. The van der Waals surface area contributed by atoms with Crippen LogP contribution in [0.25, 0.3) is 0 Å². The lowest BCUT2D eigenvalue weighted by molar-refractivity contribution is -0.146. The minimum absolute atomic E-state index is 0.0728. The van der Waals surface area contributed by atoms with Crippen molar-refractivity contribution in [1.29, 1.82) is 0 Å². The maximum Gasteiger partial charge on any atom is 0.313 e. The van der Waals surface area contributed by atoms with E-state index in [1.54, 1.807) is 11.0 Å². The lowest BCUT2D eigenvalue weighted by atomic mass is 9.90. The Morgan fingerprint density at radius 2 is 2.00 bits per heavy atom. The number of nitrogens with zero attached hydrogens (tertiary/aromatic N) is 2. The van der Waals surface area contributed by atoms with Gasteiger partial charge in [-0.15, -0.1) is 0 Å². The first kappa shape index (κ1) is 18.9. The smallest absolute Gasteiger partial charge is 0.313 e. The van der Waals surface area contributed by atoms with Crippen molar-refractivity contribution < 1.29 is 9.59 Å². The number of nitrogen functional groups attached to an aromatic ring is 1. The number of piperidine rings is 1. The predicted molar refractivity (Wildman–Crippen MR) is 106 cm³/mol. The van der Waals surface area contributed by atoms with Crippen LogP contribution in [0.1, 0.15) is 43.9 Å². The lowest BCUT2D eigenvalue weighted by Crippen LogP contribution is -2.46. The second kappa shape index (κ2) is 8.20. The van der Waals surface area contributed by atoms with Crippen LogP contribution in [0, 0.1) is 5.92 Å². The Bertz CT molecular complexity index is 822. The molecule has 0 bridgehead atoms. The molecule has 1 aliphatic rings. The highest BCUT2D eigenvalue weighted by Gasteiger charge is 2.34. The van der Waals surface area contributed by atoms with Crippen LogP contribution >= 0.6 is 0 Å². The van der Waals surface area contributed by atoms with Gasteiger partial charge in [-0.1, -0.05) is 44.2 Å². The number of carbonyl (C=O) groups is 2. The molecule has 1 aliphatic heterocycles. The van der Waals surface area contributed by atoms with Crippen LogP contribution in [-0.2, 0) is 16.0 Å². The third kappa shape index (κ3) is 4.27. The van der Waals surface area contributed by atoms with Gasteiger partial charge in [0.1, 0.15) is 5.82 Å². The maximum absolute atomic E-state index is 12.9. The largest absolute Gasteiger partial charge is 0.383 e. The summed E-state index contributed by atoms with van der Waals surface area (Å²) in [5.74, 6) is -0.341. The summed E-state index contributed by atoms with van der Waals surface area (Å²) in [6, 6.07) is 11.6. The van der Waals surface area contributed by atoms with Gasteiger partial charge in [0.25, 0.3) is 0 Å². The first-order valence-corrected chi connectivity index (χ1v) is 9.40. The molecule has 6 nitrogen and oxygen atoms in total. The van der Waals surface area contributed by atoms with Crippen LogP contribution in [0.3, 0.4) is 0 Å². The van der Waals surface area contributed by atoms with Crippen LogP contribution in [0.15, 0.2) is 42.6 Å². The number of benzene rings is 1. The Kier molecular flexibility index (Phi) is 5.74. The van der Waals surface area contributed by atoms with E-state index in [-0.39, 0.29) is 6.04 Å². The molecule has 6 heteroatoms. The molecular formula is C21H26N4O2. The molecule has 1 fully saturated rings. The highest BCUT2D eigenvalue weighted by atomic mass is 16.2. The number of nitrogens with two attached hydrogens (primary N) is 1. The fourth-order valence-electron chi connectivity index (χ4n) is 3.59. The summed E-state index contributed by atoms with van der Waals surface area (Å²) >= 11 is 0. The zero-order valence-electron chi connectivity index (χ0n) is 15.8. The van der Waals surface area contributed by atoms with Gasteiger partial charge in [-0.05, 0) is 42.4 Å². The molecule has 1 aromatic carbocycles. The molecule has 0 saturated carbocycles. The molecule has 0 unspecified atom stereocenters. The lowest BCUT2D eigenvalue weighted by Gasteiger charge is -2.38. The van der Waals surface area contributed by atoms with Gasteiger partial charge in [0, 0.05) is 6.54 Å². The van der Waals surface area contributed by atoms with Crippen LogP contribution in [-0.4, -0.2) is 28.2 Å². The Morgan fingerprint density at radius 1 is 1.26 bits per heavy atom. The van der Waals surface area contributed by atoms with Crippen molar-refractivity contribution >= 4 is 23.3 Å². The average Bonchev–Trinajstić information content (AvgIpc) is 2.69. The summed E-state index contributed by atoms with van der Waals surface area (Å²) in [4.78, 5) is 31.3. The van der Waals surface area contributed by atoms with Gasteiger partial charge in [-0.2, -0.15) is 0 Å². The van der Waals surface area contributed by atoms with Gasteiger partial charge in [-0.3, -0.25) is 9.59 Å². The fraction of sp³-hybridized carbons (Fsp3) is 0.381. The average molecular weight is 366 g/mol. The van der Waals surface area contributed by atoms with Gasteiger partial charge in [0.15, 0.2) is 0 Å². The number of hydrogen-bond donors (Lipinski definition) is 2. The van der Waals surface area contributed by atoms with E-state index in [1.807, 2.05) is 37.3 Å². The van der Waals surface area contributed by atoms with E-state index in [9.17, 15) is 9.59 Å². The predicted octanol–water partition coefficient (Wildman–Crippen LogP) is 3.16. The zero-order chi connectivity index (χ0) is 19.4. The molecule has 2 aromatic rings. The molecule has 0 spiro atoms. The molecule has 2 amide bonds. The van der Waals surface area contributed by atoms with Crippen LogP contribution in [0.4, 0.5) is 11.5 Å². The molecule has 1 aromatic heterocycles. The van der Waals surface area contributed by atoms with Crippen LogP contribution in [0.2, 0.25) is 0 Å². The molecule has 3 N–H and O–H groups in total.